The van der Waals surface area contributed by atoms with Crippen molar-refractivity contribution in [1.29, 1.82) is 0 Å². The second-order valence-corrected chi connectivity index (χ2v) is 11.5. The first-order chi connectivity index (χ1) is 18.8. The molecular formula is C31H30Cl2N2O4. The van der Waals surface area contributed by atoms with Crippen molar-refractivity contribution in [1.82, 2.24) is 9.88 Å². The zero-order chi connectivity index (χ0) is 27.1. The Morgan fingerprint density at radius 2 is 1.79 bits per heavy atom. The van der Waals surface area contributed by atoms with Crippen LogP contribution in [0.5, 0.6) is 5.75 Å². The molecule has 0 radical (unpaired) electrons. The van der Waals surface area contributed by atoms with Gasteiger partial charge >= 0.3 is 6.09 Å². The molecule has 0 aliphatic carbocycles. The number of carbonyl (C=O) groups is 1. The van der Waals surface area contributed by atoms with E-state index < -0.39 is 11.9 Å². The van der Waals surface area contributed by atoms with E-state index in [0.29, 0.717) is 35.4 Å². The van der Waals surface area contributed by atoms with Crippen molar-refractivity contribution < 1.29 is 19.0 Å². The van der Waals surface area contributed by atoms with Crippen molar-refractivity contribution in [3.63, 3.8) is 0 Å². The van der Waals surface area contributed by atoms with Gasteiger partial charge in [-0.2, -0.15) is 0 Å². The van der Waals surface area contributed by atoms with Gasteiger partial charge in [-0.15, -0.1) is 0 Å². The SMILES string of the molecule is CC1(C)OC[C@H](CCc2ccc(C3c4[nH]c5ccc(Cl)cc5c4CCN3C(=O)Oc3ccc(Cl)cc3)cc2)O1. The third kappa shape index (κ3) is 5.52. The molecule has 1 unspecified atom stereocenters. The molecule has 202 valence electrons. The summed E-state index contributed by atoms with van der Waals surface area (Å²) in [6, 6.07) is 20.8. The summed E-state index contributed by atoms with van der Waals surface area (Å²) < 4.78 is 17.4. The van der Waals surface area contributed by atoms with Crippen LogP contribution in [-0.4, -0.2) is 41.0 Å². The first-order valence-electron chi connectivity index (χ1n) is 13.2. The van der Waals surface area contributed by atoms with Crippen molar-refractivity contribution in [3.05, 3.63) is 99.2 Å². The number of rotatable bonds is 5. The predicted octanol–water partition coefficient (Wildman–Crippen LogP) is 7.71. The van der Waals surface area contributed by atoms with Crippen LogP contribution in [0.15, 0.2) is 66.7 Å². The maximum absolute atomic E-state index is 13.5. The van der Waals surface area contributed by atoms with E-state index in [0.717, 1.165) is 35.0 Å². The molecule has 1 fully saturated rings. The number of hydrogen-bond donors (Lipinski definition) is 1. The van der Waals surface area contributed by atoms with Crippen molar-refractivity contribution in [2.75, 3.05) is 13.2 Å². The minimum absolute atomic E-state index is 0.0943. The number of aromatic nitrogens is 1. The van der Waals surface area contributed by atoms with Crippen LogP contribution >= 0.6 is 23.2 Å². The van der Waals surface area contributed by atoms with E-state index in [4.69, 9.17) is 37.4 Å². The molecule has 2 atom stereocenters. The van der Waals surface area contributed by atoms with Crippen molar-refractivity contribution in [2.24, 2.45) is 0 Å². The number of carbonyl (C=O) groups excluding carboxylic acids is 1. The van der Waals surface area contributed by atoms with E-state index in [1.165, 1.54) is 11.1 Å². The van der Waals surface area contributed by atoms with Crippen molar-refractivity contribution in [2.45, 2.75) is 51.0 Å². The molecule has 1 aromatic heterocycles. The fourth-order valence-corrected chi connectivity index (χ4v) is 5.86. The average Bonchev–Trinajstić information content (AvgIpc) is 3.47. The van der Waals surface area contributed by atoms with Crippen molar-refractivity contribution in [3.8, 4) is 5.75 Å². The van der Waals surface area contributed by atoms with Crippen LogP contribution in [0, 0.1) is 0 Å². The Labute approximate surface area is 237 Å². The molecule has 39 heavy (non-hydrogen) atoms. The smallest absolute Gasteiger partial charge is 0.410 e. The monoisotopic (exact) mass is 564 g/mol. The second-order valence-electron chi connectivity index (χ2n) is 10.6. The topological polar surface area (TPSA) is 63.8 Å². The molecule has 6 rings (SSSR count). The van der Waals surface area contributed by atoms with Crippen LogP contribution < -0.4 is 4.74 Å². The zero-order valence-corrected chi connectivity index (χ0v) is 23.4. The molecule has 3 aromatic carbocycles. The molecule has 6 nitrogen and oxygen atoms in total. The Hall–Kier alpha value is -3.03. The lowest BCUT2D eigenvalue weighted by molar-refractivity contribution is -0.138. The highest BCUT2D eigenvalue weighted by Crippen LogP contribution is 2.40. The summed E-state index contributed by atoms with van der Waals surface area (Å²) in [6.07, 6.45) is 2.15. The van der Waals surface area contributed by atoms with Gasteiger partial charge in [0.2, 0.25) is 0 Å². The molecule has 1 amide bonds. The zero-order valence-electron chi connectivity index (χ0n) is 21.9. The normalized spacial score (nSPS) is 20.3. The van der Waals surface area contributed by atoms with Gasteiger partial charge in [-0.05, 0) is 92.3 Å². The van der Waals surface area contributed by atoms with E-state index in [-0.39, 0.29) is 12.1 Å². The summed E-state index contributed by atoms with van der Waals surface area (Å²) >= 11 is 12.4. The van der Waals surface area contributed by atoms with Gasteiger partial charge in [-0.25, -0.2) is 4.79 Å². The third-order valence-electron chi connectivity index (χ3n) is 7.46. The Bertz CT molecular complexity index is 1500. The van der Waals surface area contributed by atoms with Crippen LogP contribution in [0.2, 0.25) is 10.0 Å². The highest BCUT2D eigenvalue weighted by molar-refractivity contribution is 6.31. The summed E-state index contributed by atoms with van der Waals surface area (Å²) in [5.74, 6) is -0.0600. The summed E-state index contributed by atoms with van der Waals surface area (Å²) in [4.78, 5) is 18.9. The fourth-order valence-electron chi connectivity index (χ4n) is 5.57. The molecular weight excluding hydrogens is 535 g/mol. The molecule has 4 aromatic rings. The van der Waals surface area contributed by atoms with Gasteiger partial charge in [0.25, 0.3) is 0 Å². The van der Waals surface area contributed by atoms with Gasteiger partial charge in [0.1, 0.15) is 11.8 Å². The Balaban J connectivity index is 1.29. The lowest BCUT2D eigenvalue weighted by Gasteiger charge is -2.35. The predicted molar refractivity (Wildman–Crippen MR) is 153 cm³/mol. The molecule has 3 heterocycles. The Kier molecular flexibility index (Phi) is 7.06. The number of H-pyrrole nitrogens is 1. The van der Waals surface area contributed by atoms with E-state index in [1.54, 1.807) is 29.2 Å². The molecule has 1 N–H and O–H groups in total. The first kappa shape index (κ1) is 26.2. The minimum atomic E-state index is -0.513. The second kappa shape index (κ2) is 10.5. The lowest BCUT2D eigenvalue weighted by atomic mass is 9.92. The average molecular weight is 565 g/mol. The minimum Gasteiger partial charge on any atom is -0.410 e. The fraction of sp³-hybridized carbons (Fsp3) is 0.323. The first-order valence-corrected chi connectivity index (χ1v) is 14.0. The molecule has 8 heteroatoms. The maximum Gasteiger partial charge on any atom is 0.416 e. The highest BCUT2D eigenvalue weighted by Gasteiger charge is 2.36. The van der Waals surface area contributed by atoms with E-state index in [9.17, 15) is 4.79 Å². The number of hydrogen-bond acceptors (Lipinski definition) is 4. The Morgan fingerprint density at radius 3 is 2.51 bits per heavy atom. The number of fused-ring (bicyclic) bond motifs is 3. The number of aromatic amines is 1. The number of nitrogens with zero attached hydrogens (tertiary/aromatic N) is 1. The summed E-state index contributed by atoms with van der Waals surface area (Å²) in [5.41, 5.74) is 5.38. The van der Waals surface area contributed by atoms with Gasteiger partial charge in [0.15, 0.2) is 5.79 Å². The van der Waals surface area contributed by atoms with E-state index in [1.807, 2.05) is 32.0 Å². The standard InChI is InChI=1S/C31H30Cl2N2O4/c1-31(2)37-18-24(39-31)11-5-19-3-6-20(7-4-19)29-28-25(26-17-22(33)10-14-27(26)34-28)15-16-35(29)30(36)38-23-12-8-21(32)9-13-23/h3-4,6-10,12-14,17,24,29,34H,5,11,15-16,18H2,1-2H3/t24-,29?/m0/s1. The van der Waals surface area contributed by atoms with Crippen molar-refractivity contribution >= 4 is 40.2 Å². The van der Waals surface area contributed by atoms with Gasteiger partial charge in [-0.1, -0.05) is 47.5 Å². The maximum atomic E-state index is 13.5. The number of halogens is 2. The van der Waals surface area contributed by atoms with E-state index in [2.05, 4.69) is 29.2 Å². The number of ether oxygens (including phenoxy) is 3. The lowest BCUT2D eigenvalue weighted by Crippen LogP contribution is -2.42. The van der Waals surface area contributed by atoms with Crippen LogP contribution in [0.1, 0.15) is 48.7 Å². The number of benzene rings is 3. The number of amides is 1. The molecule has 0 bridgehead atoms. The summed E-state index contributed by atoms with van der Waals surface area (Å²) in [5, 5.41) is 2.37. The largest absolute Gasteiger partial charge is 0.416 e. The highest BCUT2D eigenvalue weighted by atomic mass is 35.5. The number of aryl methyl sites for hydroxylation is 1. The number of nitrogens with one attached hydrogen (secondary N) is 1. The quantitative estimate of drug-likeness (QED) is 0.269. The third-order valence-corrected chi connectivity index (χ3v) is 7.95. The molecule has 1 saturated heterocycles. The molecule has 2 aliphatic rings. The molecule has 0 saturated carbocycles. The summed E-state index contributed by atoms with van der Waals surface area (Å²) in [7, 11) is 0. The van der Waals surface area contributed by atoms with Crippen LogP contribution in [-0.2, 0) is 22.3 Å². The molecule has 2 aliphatic heterocycles. The summed E-state index contributed by atoms with van der Waals surface area (Å²) in [6.45, 7) is 5.02. The van der Waals surface area contributed by atoms with Gasteiger partial charge in [0.05, 0.1) is 12.7 Å². The Morgan fingerprint density at radius 1 is 1.05 bits per heavy atom. The van der Waals surface area contributed by atoms with Gasteiger partial charge in [0, 0.05) is 33.2 Å². The molecule has 0 spiro atoms. The van der Waals surface area contributed by atoms with Gasteiger partial charge in [-0.3, -0.25) is 4.90 Å². The van der Waals surface area contributed by atoms with E-state index >= 15 is 0 Å². The van der Waals surface area contributed by atoms with Crippen LogP contribution in [0.25, 0.3) is 10.9 Å². The van der Waals surface area contributed by atoms with Crippen LogP contribution in [0.4, 0.5) is 4.79 Å². The van der Waals surface area contributed by atoms with Crippen LogP contribution in [0.3, 0.4) is 0 Å². The van der Waals surface area contributed by atoms with Gasteiger partial charge < -0.3 is 19.2 Å².